The molecule has 0 rings (SSSR count). The number of carboxylic acid groups (broad SMARTS) is 1. The van der Waals surface area contributed by atoms with Gasteiger partial charge in [-0.05, 0) is 0 Å². The molecule has 15 heavy (non-hydrogen) atoms. The first-order valence-corrected chi connectivity index (χ1v) is 3.73. The first-order chi connectivity index (χ1) is 6.81. The number of carbonyl (C=O) groups is 2. The van der Waals surface area contributed by atoms with Crippen molar-refractivity contribution in [1.82, 2.24) is 0 Å². The zero-order valence-electron chi connectivity index (χ0n) is 8.45. The molecule has 0 radical (unpaired) electrons. The minimum absolute atomic E-state index is 0.365. The Morgan fingerprint density at radius 1 is 1.20 bits per heavy atom. The molecule has 0 unspecified atom stereocenters. The van der Waals surface area contributed by atoms with Crippen LogP contribution in [0.1, 0.15) is 13.8 Å². The van der Waals surface area contributed by atoms with Gasteiger partial charge in [0.1, 0.15) is 6.10 Å². The number of rotatable bonds is 2. The molecule has 0 amide bonds. The Bertz CT molecular complexity index is 149. The van der Waals surface area contributed by atoms with Gasteiger partial charge in [-0.1, -0.05) is 0 Å². The van der Waals surface area contributed by atoms with Crippen molar-refractivity contribution in [2.45, 2.75) is 20.0 Å². The normalized spacial score (nSPS) is 7.93. The molecule has 92 valence electrons. The lowest BCUT2D eigenvalue weighted by Crippen LogP contribution is -2.15. The Labute approximate surface area is 86.3 Å². The van der Waals surface area contributed by atoms with Crippen LogP contribution in [0.3, 0.4) is 0 Å². The summed E-state index contributed by atoms with van der Waals surface area (Å²) in [4.78, 5) is 21.5. The van der Waals surface area contributed by atoms with E-state index in [0.717, 1.165) is 13.8 Å². The fraction of sp³-hybridized carbons (Fsp3) is 0.714. The number of aliphatic hydroxyl groups is 3. The maximum Gasteiger partial charge on any atom is 0.339 e. The molecular formula is C7H16O8. The van der Waals surface area contributed by atoms with Gasteiger partial charge in [0.05, 0.1) is 13.2 Å². The number of hydrogen-bond acceptors (Lipinski definition) is 7. The molecule has 5 N–H and O–H groups in total. The van der Waals surface area contributed by atoms with Crippen LogP contribution in [0.4, 0.5) is 0 Å². The Hall–Kier alpha value is -1.22. The van der Waals surface area contributed by atoms with Gasteiger partial charge in [0.15, 0.2) is 0 Å². The second kappa shape index (κ2) is 15.3. The Kier molecular flexibility index (Phi) is 19.7. The van der Waals surface area contributed by atoms with Crippen LogP contribution in [0.25, 0.3) is 0 Å². The van der Waals surface area contributed by atoms with Gasteiger partial charge in [-0.3, -0.25) is 4.79 Å². The van der Waals surface area contributed by atoms with Crippen molar-refractivity contribution in [2.75, 3.05) is 13.2 Å². The van der Waals surface area contributed by atoms with Crippen molar-refractivity contribution in [2.24, 2.45) is 0 Å². The van der Waals surface area contributed by atoms with Crippen LogP contribution >= 0.6 is 0 Å². The number of aliphatic hydroxyl groups excluding tert-OH is 3. The van der Waals surface area contributed by atoms with Gasteiger partial charge in [0.2, 0.25) is 0 Å². The summed E-state index contributed by atoms with van der Waals surface area (Å²) in [5.41, 5.74) is 0. The van der Waals surface area contributed by atoms with Crippen LogP contribution in [0.15, 0.2) is 0 Å². The molecule has 0 saturated heterocycles. The van der Waals surface area contributed by atoms with Gasteiger partial charge in [-0.25, -0.2) is 4.79 Å². The van der Waals surface area contributed by atoms with E-state index in [1.54, 1.807) is 0 Å². The highest BCUT2D eigenvalue weighted by Crippen LogP contribution is 1.71. The fourth-order valence-corrected chi connectivity index (χ4v) is 0.0577. The third-order valence-electron chi connectivity index (χ3n) is 0.550. The molecule has 0 aliphatic carbocycles. The van der Waals surface area contributed by atoms with Crippen LogP contribution in [0.5, 0.6) is 0 Å². The van der Waals surface area contributed by atoms with Gasteiger partial charge in [0, 0.05) is 13.8 Å². The van der Waals surface area contributed by atoms with Gasteiger partial charge in [-0.2, -0.15) is 5.26 Å². The van der Waals surface area contributed by atoms with Crippen molar-refractivity contribution >= 4 is 11.9 Å². The maximum absolute atomic E-state index is 9.34. The second-order valence-electron chi connectivity index (χ2n) is 2.12. The molecule has 0 heterocycles. The van der Waals surface area contributed by atoms with E-state index in [4.69, 9.17) is 30.5 Å². The number of hydrogen-bond donors (Lipinski definition) is 5. The average molecular weight is 228 g/mol. The molecule has 0 aliphatic rings. The monoisotopic (exact) mass is 228 g/mol. The van der Waals surface area contributed by atoms with Crippen molar-refractivity contribution in [3.05, 3.63) is 0 Å². The average Bonchev–Trinajstić information content (AvgIpc) is 2.16. The molecule has 0 fully saturated rings. The van der Waals surface area contributed by atoms with E-state index in [1.165, 1.54) is 0 Å². The van der Waals surface area contributed by atoms with E-state index >= 15 is 0 Å². The van der Waals surface area contributed by atoms with Crippen molar-refractivity contribution in [1.29, 1.82) is 0 Å². The molecule has 0 aromatic carbocycles. The number of carbonyl (C=O) groups excluding carboxylic acids is 1. The number of aliphatic carboxylic acids is 1. The Morgan fingerprint density at radius 3 is 1.40 bits per heavy atom. The predicted octanol–water partition coefficient (Wildman–Crippen LogP) is -1.55. The first kappa shape index (κ1) is 19.4. The van der Waals surface area contributed by atoms with E-state index in [2.05, 4.69) is 4.89 Å². The first-order valence-electron chi connectivity index (χ1n) is 3.73. The van der Waals surface area contributed by atoms with E-state index in [0.29, 0.717) is 0 Å². The third-order valence-corrected chi connectivity index (χ3v) is 0.550. The lowest BCUT2D eigenvalue weighted by molar-refractivity contribution is -0.231. The highest BCUT2D eigenvalue weighted by atomic mass is 17.1. The predicted molar refractivity (Wildman–Crippen MR) is 47.9 cm³/mol. The van der Waals surface area contributed by atoms with E-state index in [9.17, 15) is 4.79 Å². The van der Waals surface area contributed by atoms with Crippen LogP contribution in [0, 0.1) is 0 Å². The molecule has 0 spiro atoms. The highest BCUT2D eigenvalue weighted by Gasteiger charge is 1.93. The van der Waals surface area contributed by atoms with Crippen molar-refractivity contribution in [3.8, 4) is 0 Å². The summed E-state index contributed by atoms with van der Waals surface area (Å²) in [6, 6.07) is 0. The van der Waals surface area contributed by atoms with Gasteiger partial charge < -0.3 is 25.3 Å². The van der Waals surface area contributed by atoms with Crippen LogP contribution in [0.2, 0.25) is 0 Å². The second-order valence-corrected chi connectivity index (χ2v) is 2.12. The van der Waals surface area contributed by atoms with Crippen LogP contribution < -0.4 is 0 Å². The van der Waals surface area contributed by atoms with Crippen LogP contribution in [-0.4, -0.2) is 56.9 Å². The molecular weight excluding hydrogens is 212 g/mol. The van der Waals surface area contributed by atoms with Crippen LogP contribution in [-0.2, 0) is 14.5 Å². The molecule has 8 heteroatoms. The summed E-state index contributed by atoms with van der Waals surface area (Å²) in [6.45, 7) is 1.47. The van der Waals surface area contributed by atoms with Gasteiger partial charge >= 0.3 is 5.97 Å². The maximum atomic E-state index is 9.34. The minimum atomic E-state index is -0.954. The zero-order chi connectivity index (χ0) is 12.9. The molecule has 0 bridgehead atoms. The highest BCUT2D eigenvalue weighted by molar-refractivity contribution is 5.64. The lowest BCUT2D eigenvalue weighted by atomic mass is 10.4. The summed E-state index contributed by atoms with van der Waals surface area (Å²) >= 11 is 0. The molecule has 0 atom stereocenters. The Morgan fingerprint density at radius 2 is 1.40 bits per heavy atom. The minimum Gasteiger partial charge on any atom is -0.481 e. The summed E-state index contributed by atoms with van der Waals surface area (Å²) in [5.74, 6) is -1.52. The lowest BCUT2D eigenvalue weighted by Gasteiger charge is -1.96. The van der Waals surface area contributed by atoms with E-state index in [-0.39, 0.29) is 13.2 Å². The summed E-state index contributed by atoms with van der Waals surface area (Å²) < 4.78 is 0. The largest absolute Gasteiger partial charge is 0.481 e. The van der Waals surface area contributed by atoms with E-state index < -0.39 is 18.0 Å². The smallest absolute Gasteiger partial charge is 0.339 e. The fourth-order valence-electron chi connectivity index (χ4n) is 0.0577. The standard InChI is InChI=1S/C3H8O3.C2H4O3.C2H4O2/c4-1-3(6)2-5;1-2(3)5-4;1-2(3)4/h3-6H,1-2H2;4H,1H3;1H3,(H,3,4). The zero-order valence-corrected chi connectivity index (χ0v) is 8.45. The summed E-state index contributed by atoms with van der Waals surface area (Å²) in [5, 5.41) is 38.7. The summed E-state index contributed by atoms with van der Waals surface area (Å²) in [7, 11) is 0. The van der Waals surface area contributed by atoms with Crippen molar-refractivity contribution < 1.29 is 40.2 Å². The van der Waals surface area contributed by atoms with Crippen molar-refractivity contribution in [3.63, 3.8) is 0 Å². The third kappa shape index (κ3) is 65.0. The quantitative estimate of drug-likeness (QED) is 0.282. The molecule has 0 aromatic rings. The van der Waals surface area contributed by atoms with E-state index in [1.807, 2.05) is 0 Å². The molecule has 0 aromatic heterocycles. The van der Waals surface area contributed by atoms with Gasteiger partial charge in [-0.15, -0.1) is 0 Å². The molecule has 0 aliphatic heterocycles. The molecule has 8 nitrogen and oxygen atoms in total. The summed E-state index contributed by atoms with van der Waals surface area (Å²) in [6.07, 6.45) is -0.954. The SMILES string of the molecule is CC(=O)O.CC(=O)OO.OCC(O)CO. The van der Waals surface area contributed by atoms with Gasteiger partial charge in [0.25, 0.3) is 5.97 Å². The Balaban J connectivity index is -0.000000147. The number of carboxylic acids is 1. The molecule has 0 saturated carbocycles. The topological polar surface area (TPSA) is 145 Å².